The first-order chi connectivity index (χ1) is 8.91. The normalized spacial score (nSPS) is 12.9. The van der Waals surface area contributed by atoms with E-state index >= 15 is 0 Å². The van der Waals surface area contributed by atoms with Crippen molar-refractivity contribution in [3.8, 4) is 0 Å². The molecule has 1 unspecified atom stereocenters. The van der Waals surface area contributed by atoms with Gasteiger partial charge in [0.25, 0.3) is 5.91 Å². The number of carbonyl (C=O) groups excluding carboxylic acids is 1. The number of hydrogen-bond donors (Lipinski definition) is 2. The van der Waals surface area contributed by atoms with Gasteiger partial charge in [0.15, 0.2) is 0 Å². The number of carbonyl (C=O) groups is 1. The van der Waals surface area contributed by atoms with E-state index in [0.29, 0.717) is 20.9 Å². The number of hydrogen-bond acceptors (Lipinski definition) is 3. The fourth-order valence-electron chi connectivity index (χ4n) is 1.74. The fourth-order valence-corrected chi connectivity index (χ4v) is 2.78. The van der Waals surface area contributed by atoms with Crippen LogP contribution in [0.1, 0.15) is 30.4 Å². The summed E-state index contributed by atoms with van der Waals surface area (Å²) in [5.41, 5.74) is 6.13. The molecule has 5 heteroatoms. The predicted octanol–water partition coefficient (Wildman–Crippen LogP) is 3.40. The van der Waals surface area contributed by atoms with Crippen molar-refractivity contribution < 1.29 is 9.18 Å². The smallest absolute Gasteiger partial charge is 0.263 e. The molecule has 0 spiro atoms. The van der Waals surface area contributed by atoms with Crippen LogP contribution in [0.2, 0.25) is 0 Å². The standard InChI is InChI=1S/C14H17FN2OS/c1-7(2)8(3)17-14(18)13-12(16)11-9(15)5-4-6-10(11)19-13/h4-8H,16H2,1-3H3,(H,17,18). The topological polar surface area (TPSA) is 55.1 Å². The van der Waals surface area contributed by atoms with Gasteiger partial charge >= 0.3 is 0 Å². The highest BCUT2D eigenvalue weighted by Gasteiger charge is 2.20. The minimum absolute atomic E-state index is 0.0435. The Hall–Kier alpha value is -1.62. The van der Waals surface area contributed by atoms with Gasteiger partial charge in [-0.3, -0.25) is 4.79 Å². The summed E-state index contributed by atoms with van der Waals surface area (Å²) in [6.45, 7) is 5.99. The molecule has 0 aliphatic heterocycles. The van der Waals surface area contributed by atoms with E-state index in [1.807, 2.05) is 20.8 Å². The van der Waals surface area contributed by atoms with Gasteiger partial charge in [-0.15, -0.1) is 11.3 Å². The number of anilines is 1. The lowest BCUT2D eigenvalue weighted by molar-refractivity contribution is 0.0935. The number of rotatable bonds is 3. The Balaban J connectivity index is 2.38. The average Bonchev–Trinajstić information content (AvgIpc) is 2.68. The Morgan fingerprint density at radius 1 is 1.37 bits per heavy atom. The largest absolute Gasteiger partial charge is 0.397 e. The van der Waals surface area contributed by atoms with Crippen molar-refractivity contribution in [2.45, 2.75) is 26.8 Å². The summed E-state index contributed by atoms with van der Waals surface area (Å²) >= 11 is 1.22. The molecule has 3 N–H and O–H groups in total. The molecule has 19 heavy (non-hydrogen) atoms. The van der Waals surface area contributed by atoms with Crippen LogP contribution in [0.3, 0.4) is 0 Å². The number of nitrogens with one attached hydrogen (secondary N) is 1. The van der Waals surface area contributed by atoms with Gasteiger partial charge in [-0.05, 0) is 25.0 Å². The monoisotopic (exact) mass is 280 g/mol. The van der Waals surface area contributed by atoms with E-state index in [1.165, 1.54) is 17.4 Å². The molecule has 1 atom stereocenters. The predicted molar refractivity (Wildman–Crippen MR) is 78.0 cm³/mol. The van der Waals surface area contributed by atoms with E-state index in [2.05, 4.69) is 5.32 Å². The lowest BCUT2D eigenvalue weighted by Gasteiger charge is -2.16. The summed E-state index contributed by atoms with van der Waals surface area (Å²) in [5.74, 6) is -0.294. The van der Waals surface area contributed by atoms with Crippen LogP contribution < -0.4 is 11.1 Å². The van der Waals surface area contributed by atoms with E-state index in [1.54, 1.807) is 12.1 Å². The fraction of sp³-hybridized carbons (Fsp3) is 0.357. The summed E-state index contributed by atoms with van der Waals surface area (Å²) < 4.78 is 14.4. The summed E-state index contributed by atoms with van der Waals surface area (Å²) in [5, 5.41) is 3.23. The number of halogens is 1. The first kappa shape index (κ1) is 13.8. The van der Waals surface area contributed by atoms with Crippen LogP contribution in [-0.2, 0) is 0 Å². The van der Waals surface area contributed by atoms with Crippen LogP contribution in [0.4, 0.5) is 10.1 Å². The molecule has 2 rings (SSSR count). The first-order valence-corrected chi connectivity index (χ1v) is 7.00. The van der Waals surface area contributed by atoms with Crippen molar-refractivity contribution in [1.82, 2.24) is 5.32 Å². The van der Waals surface area contributed by atoms with Crippen molar-refractivity contribution in [3.63, 3.8) is 0 Å². The molecule has 0 aliphatic rings. The molecule has 3 nitrogen and oxygen atoms in total. The third kappa shape index (κ3) is 2.56. The zero-order chi connectivity index (χ0) is 14.2. The number of amides is 1. The van der Waals surface area contributed by atoms with Crippen LogP contribution in [0.15, 0.2) is 18.2 Å². The molecular weight excluding hydrogens is 263 g/mol. The van der Waals surface area contributed by atoms with E-state index in [0.717, 1.165) is 0 Å². The Morgan fingerprint density at radius 3 is 2.63 bits per heavy atom. The third-order valence-electron chi connectivity index (χ3n) is 3.27. The summed E-state index contributed by atoms with van der Waals surface area (Å²) in [7, 11) is 0. The quantitative estimate of drug-likeness (QED) is 0.905. The molecule has 2 aromatic rings. The maximum absolute atomic E-state index is 13.7. The molecule has 0 aliphatic carbocycles. The van der Waals surface area contributed by atoms with Crippen LogP contribution in [-0.4, -0.2) is 11.9 Å². The van der Waals surface area contributed by atoms with Crippen molar-refractivity contribution in [2.75, 3.05) is 5.73 Å². The highest BCUT2D eigenvalue weighted by Crippen LogP contribution is 2.35. The first-order valence-electron chi connectivity index (χ1n) is 6.19. The lowest BCUT2D eigenvalue weighted by Crippen LogP contribution is -2.35. The van der Waals surface area contributed by atoms with Gasteiger partial charge in [0.05, 0.1) is 11.1 Å². The molecule has 1 amide bonds. The second-order valence-corrected chi connectivity index (χ2v) is 6.02. The van der Waals surface area contributed by atoms with Crippen LogP contribution in [0, 0.1) is 11.7 Å². The van der Waals surface area contributed by atoms with Gasteiger partial charge in [-0.25, -0.2) is 4.39 Å². The number of nitrogen functional groups attached to an aromatic ring is 1. The number of benzene rings is 1. The number of thiophene rings is 1. The van der Waals surface area contributed by atoms with Crippen molar-refractivity contribution in [3.05, 3.63) is 28.9 Å². The van der Waals surface area contributed by atoms with E-state index < -0.39 is 0 Å². The number of nitrogens with two attached hydrogens (primary N) is 1. The summed E-state index contributed by atoms with van der Waals surface area (Å²) in [4.78, 5) is 12.5. The van der Waals surface area contributed by atoms with Crippen LogP contribution in [0.5, 0.6) is 0 Å². The lowest BCUT2D eigenvalue weighted by atomic mass is 10.1. The molecule has 1 heterocycles. The SMILES string of the molecule is CC(C)C(C)NC(=O)c1sc2cccc(F)c2c1N. The molecule has 0 saturated carbocycles. The zero-order valence-corrected chi connectivity index (χ0v) is 12.0. The zero-order valence-electron chi connectivity index (χ0n) is 11.2. The van der Waals surface area contributed by atoms with Crippen LogP contribution in [0.25, 0.3) is 10.1 Å². The molecule has 1 aromatic carbocycles. The summed E-state index contributed by atoms with van der Waals surface area (Å²) in [6, 6.07) is 4.78. The molecule has 0 saturated heterocycles. The van der Waals surface area contributed by atoms with Gasteiger partial charge in [-0.1, -0.05) is 19.9 Å². The van der Waals surface area contributed by atoms with Crippen LogP contribution >= 0.6 is 11.3 Å². The number of fused-ring (bicyclic) bond motifs is 1. The molecule has 1 aromatic heterocycles. The maximum atomic E-state index is 13.7. The molecule has 0 fully saturated rings. The highest BCUT2D eigenvalue weighted by atomic mass is 32.1. The second-order valence-electron chi connectivity index (χ2n) is 4.96. The van der Waals surface area contributed by atoms with Gasteiger partial charge in [0.1, 0.15) is 10.7 Å². The third-order valence-corrected chi connectivity index (χ3v) is 4.44. The van der Waals surface area contributed by atoms with Crippen molar-refractivity contribution >= 4 is 33.0 Å². The maximum Gasteiger partial charge on any atom is 0.263 e. The molecule has 102 valence electrons. The van der Waals surface area contributed by atoms with Crippen molar-refractivity contribution in [2.24, 2.45) is 5.92 Å². The van der Waals surface area contributed by atoms with E-state index in [9.17, 15) is 9.18 Å². The molecule has 0 bridgehead atoms. The van der Waals surface area contributed by atoms with E-state index in [4.69, 9.17) is 5.73 Å². The average molecular weight is 280 g/mol. The van der Waals surface area contributed by atoms with Gasteiger partial charge in [-0.2, -0.15) is 0 Å². The highest BCUT2D eigenvalue weighted by molar-refractivity contribution is 7.21. The van der Waals surface area contributed by atoms with Gasteiger partial charge in [0, 0.05) is 10.7 Å². The minimum atomic E-state index is -0.387. The van der Waals surface area contributed by atoms with Gasteiger partial charge < -0.3 is 11.1 Å². The summed E-state index contributed by atoms with van der Waals surface area (Å²) in [6.07, 6.45) is 0. The Bertz CT molecular complexity index is 621. The molecular formula is C14H17FN2OS. The van der Waals surface area contributed by atoms with Gasteiger partial charge in [0.2, 0.25) is 0 Å². The minimum Gasteiger partial charge on any atom is -0.397 e. The van der Waals surface area contributed by atoms with Crippen molar-refractivity contribution in [1.29, 1.82) is 0 Å². The Kier molecular flexibility index (Phi) is 3.75. The Morgan fingerprint density at radius 2 is 2.05 bits per heavy atom. The Labute approximate surface area is 115 Å². The van der Waals surface area contributed by atoms with E-state index in [-0.39, 0.29) is 23.5 Å². The second kappa shape index (κ2) is 5.17. The molecule has 0 radical (unpaired) electrons.